The zero-order valence-electron chi connectivity index (χ0n) is 17.6. The third-order valence-corrected chi connectivity index (χ3v) is 6.23. The number of rotatable bonds is 3. The summed E-state index contributed by atoms with van der Waals surface area (Å²) in [5.74, 6) is 0. The van der Waals surface area contributed by atoms with Crippen molar-refractivity contribution in [2.75, 3.05) is 23.0 Å². The molecular formula is C26H23N3O2. The number of urea groups is 1. The van der Waals surface area contributed by atoms with Crippen molar-refractivity contribution in [3.8, 4) is 0 Å². The van der Waals surface area contributed by atoms with Gasteiger partial charge < -0.3 is 4.74 Å². The third kappa shape index (κ3) is 2.99. The molecule has 2 aliphatic rings. The lowest BCUT2D eigenvalue weighted by atomic mass is 9.82. The van der Waals surface area contributed by atoms with Crippen molar-refractivity contribution >= 4 is 23.1 Å². The Morgan fingerprint density at radius 1 is 0.935 bits per heavy atom. The largest absolute Gasteiger partial charge is 0.376 e. The maximum absolute atomic E-state index is 14.0. The molecule has 5 heteroatoms. The molecule has 154 valence electrons. The highest BCUT2D eigenvalue weighted by atomic mass is 16.5. The molecule has 3 aromatic rings. The maximum Gasteiger partial charge on any atom is 0.330 e. The van der Waals surface area contributed by atoms with Gasteiger partial charge in [-0.15, -0.1) is 0 Å². The van der Waals surface area contributed by atoms with E-state index in [4.69, 9.17) is 11.3 Å². The fraction of sp³-hybridized carbons (Fsp3) is 0.231. The second kappa shape index (κ2) is 7.26. The molecule has 2 heterocycles. The lowest BCUT2D eigenvalue weighted by molar-refractivity contribution is -0.0579. The van der Waals surface area contributed by atoms with E-state index in [1.165, 1.54) is 0 Å². The Balaban J connectivity index is 1.71. The van der Waals surface area contributed by atoms with Gasteiger partial charge in [0.05, 0.1) is 25.8 Å². The summed E-state index contributed by atoms with van der Waals surface area (Å²) < 4.78 is 5.71. The van der Waals surface area contributed by atoms with Gasteiger partial charge in [0, 0.05) is 11.4 Å². The summed E-state index contributed by atoms with van der Waals surface area (Å²) in [5.41, 5.74) is 4.97. The molecule has 2 aliphatic heterocycles. The van der Waals surface area contributed by atoms with Crippen molar-refractivity contribution in [1.82, 2.24) is 0 Å². The van der Waals surface area contributed by atoms with E-state index in [0.717, 1.165) is 28.1 Å². The van der Waals surface area contributed by atoms with Gasteiger partial charge in [0.2, 0.25) is 0 Å². The van der Waals surface area contributed by atoms with Gasteiger partial charge in [-0.2, -0.15) is 0 Å². The Labute approximate surface area is 182 Å². The Bertz CT molecular complexity index is 1170. The maximum atomic E-state index is 14.0. The predicted octanol–water partition coefficient (Wildman–Crippen LogP) is 5.81. The standard InChI is InChI=1S/C26H23N3O2/c1-18-7-11-22(12-8-18)28-24(20-5-4-6-21(15-20)27-3)26(16-31-17-26)29(25(28)30)23-13-9-19(2)10-14-23/h4-15,24H,16-17H2,1-2H3/t24-/m1/s1. The summed E-state index contributed by atoms with van der Waals surface area (Å²) in [6.07, 6.45) is 0. The van der Waals surface area contributed by atoms with Gasteiger partial charge in [-0.25, -0.2) is 9.64 Å². The third-order valence-electron chi connectivity index (χ3n) is 6.23. The molecule has 5 nitrogen and oxygen atoms in total. The van der Waals surface area contributed by atoms with Crippen LogP contribution < -0.4 is 9.80 Å². The van der Waals surface area contributed by atoms with Gasteiger partial charge in [-0.1, -0.05) is 59.7 Å². The van der Waals surface area contributed by atoms with Crippen LogP contribution in [0.15, 0.2) is 72.8 Å². The Morgan fingerprint density at radius 2 is 1.55 bits per heavy atom. The van der Waals surface area contributed by atoms with Crippen LogP contribution in [-0.2, 0) is 4.74 Å². The SMILES string of the molecule is [C-]#[N+]c1cccc([C@H]2N(c3ccc(C)cc3)C(=O)N(c3ccc(C)cc3)C23COC3)c1. The molecule has 2 fully saturated rings. The summed E-state index contributed by atoms with van der Waals surface area (Å²) in [4.78, 5) is 21.3. The van der Waals surface area contributed by atoms with E-state index in [1.807, 2.05) is 90.4 Å². The van der Waals surface area contributed by atoms with E-state index in [1.54, 1.807) is 6.07 Å². The number of carbonyl (C=O) groups excluding carboxylic acids is 1. The van der Waals surface area contributed by atoms with Crippen LogP contribution in [-0.4, -0.2) is 24.8 Å². The van der Waals surface area contributed by atoms with E-state index in [0.29, 0.717) is 18.9 Å². The summed E-state index contributed by atoms with van der Waals surface area (Å²) in [7, 11) is 0. The molecule has 0 N–H and O–H groups in total. The molecule has 0 radical (unpaired) electrons. The normalized spacial score (nSPS) is 19.4. The highest BCUT2D eigenvalue weighted by Gasteiger charge is 2.62. The van der Waals surface area contributed by atoms with Gasteiger partial charge in [0.1, 0.15) is 5.54 Å². The lowest BCUT2D eigenvalue weighted by Crippen LogP contribution is -2.62. The number of aryl methyl sites for hydroxylation is 2. The molecule has 3 aromatic carbocycles. The number of carbonyl (C=O) groups is 1. The summed E-state index contributed by atoms with van der Waals surface area (Å²) in [6.45, 7) is 12.4. The zero-order chi connectivity index (χ0) is 21.6. The average molecular weight is 409 g/mol. The Morgan fingerprint density at radius 3 is 2.10 bits per heavy atom. The van der Waals surface area contributed by atoms with Crippen molar-refractivity contribution in [1.29, 1.82) is 0 Å². The fourth-order valence-corrected chi connectivity index (χ4v) is 4.62. The number of anilines is 2. The minimum atomic E-state index is -0.530. The predicted molar refractivity (Wildman–Crippen MR) is 122 cm³/mol. The second-order valence-corrected chi connectivity index (χ2v) is 8.36. The monoisotopic (exact) mass is 409 g/mol. The Kier molecular flexibility index (Phi) is 4.53. The zero-order valence-corrected chi connectivity index (χ0v) is 17.6. The van der Waals surface area contributed by atoms with E-state index in [9.17, 15) is 4.79 Å². The van der Waals surface area contributed by atoms with E-state index in [-0.39, 0.29) is 12.1 Å². The minimum absolute atomic E-state index is 0.0748. The number of hydrogen-bond donors (Lipinski definition) is 0. The first-order chi connectivity index (χ1) is 15.0. The molecule has 5 rings (SSSR count). The van der Waals surface area contributed by atoms with E-state index in [2.05, 4.69) is 4.85 Å². The number of hydrogen-bond acceptors (Lipinski definition) is 2. The van der Waals surface area contributed by atoms with Gasteiger partial charge in [-0.05, 0) is 43.7 Å². The molecule has 2 saturated heterocycles. The van der Waals surface area contributed by atoms with Crippen LogP contribution >= 0.6 is 0 Å². The van der Waals surface area contributed by atoms with Gasteiger partial charge in [0.25, 0.3) is 0 Å². The molecule has 0 bridgehead atoms. The lowest BCUT2D eigenvalue weighted by Gasteiger charge is -2.47. The molecule has 2 amide bonds. The van der Waals surface area contributed by atoms with Crippen LogP contribution in [0.25, 0.3) is 4.85 Å². The fourth-order valence-electron chi connectivity index (χ4n) is 4.62. The second-order valence-electron chi connectivity index (χ2n) is 8.36. The molecule has 0 unspecified atom stereocenters. The summed E-state index contributed by atoms with van der Waals surface area (Å²) >= 11 is 0. The molecule has 0 aliphatic carbocycles. The average Bonchev–Trinajstić information content (AvgIpc) is 3.04. The van der Waals surface area contributed by atoms with Crippen LogP contribution in [0.1, 0.15) is 22.7 Å². The smallest absolute Gasteiger partial charge is 0.330 e. The van der Waals surface area contributed by atoms with Crippen LogP contribution in [0.5, 0.6) is 0 Å². The number of nitrogens with zero attached hydrogens (tertiary/aromatic N) is 3. The molecular weight excluding hydrogens is 386 g/mol. The van der Waals surface area contributed by atoms with Crippen molar-refractivity contribution in [3.63, 3.8) is 0 Å². The number of ether oxygens (including phenoxy) is 1. The van der Waals surface area contributed by atoms with Crippen molar-refractivity contribution in [2.45, 2.75) is 25.4 Å². The highest BCUT2D eigenvalue weighted by molar-refractivity contribution is 6.09. The van der Waals surface area contributed by atoms with Gasteiger partial charge in [-0.3, -0.25) is 9.80 Å². The number of benzene rings is 3. The highest BCUT2D eigenvalue weighted by Crippen LogP contribution is 2.51. The molecule has 0 aromatic heterocycles. The Hall–Kier alpha value is -3.62. The quantitative estimate of drug-likeness (QED) is 0.512. The molecule has 1 spiro atoms. The van der Waals surface area contributed by atoms with E-state index >= 15 is 0 Å². The molecule has 0 saturated carbocycles. The first kappa shape index (κ1) is 19.3. The summed E-state index contributed by atoms with van der Waals surface area (Å²) in [6, 6.07) is 23.3. The first-order valence-corrected chi connectivity index (χ1v) is 10.4. The number of amides is 2. The van der Waals surface area contributed by atoms with Crippen LogP contribution in [0.3, 0.4) is 0 Å². The van der Waals surface area contributed by atoms with Crippen molar-refractivity contribution in [2.24, 2.45) is 0 Å². The van der Waals surface area contributed by atoms with Crippen molar-refractivity contribution < 1.29 is 9.53 Å². The van der Waals surface area contributed by atoms with Crippen LogP contribution in [0.4, 0.5) is 21.9 Å². The van der Waals surface area contributed by atoms with Crippen LogP contribution in [0.2, 0.25) is 0 Å². The topological polar surface area (TPSA) is 37.1 Å². The summed E-state index contributed by atoms with van der Waals surface area (Å²) in [5, 5.41) is 0. The molecule has 31 heavy (non-hydrogen) atoms. The van der Waals surface area contributed by atoms with Crippen LogP contribution in [0, 0.1) is 20.4 Å². The minimum Gasteiger partial charge on any atom is -0.376 e. The van der Waals surface area contributed by atoms with Crippen molar-refractivity contribution in [3.05, 3.63) is 101 Å². The van der Waals surface area contributed by atoms with Gasteiger partial charge >= 0.3 is 6.03 Å². The molecule has 1 atom stereocenters. The first-order valence-electron chi connectivity index (χ1n) is 10.4. The van der Waals surface area contributed by atoms with Gasteiger partial charge in [0.15, 0.2) is 5.69 Å². The van der Waals surface area contributed by atoms with E-state index < -0.39 is 5.54 Å².